The molecule has 2 fully saturated rings. The number of hydrogen-bond donors (Lipinski definition) is 1. The van der Waals surface area contributed by atoms with Crippen LogP contribution in [0.25, 0.3) is 10.8 Å². The van der Waals surface area contributed by atoms with E-state index in [9.17, 15) is 14.4 Å². The normalized spacial score (nSPS) is 19.4. The number of carbonyl (C=O) groups is 3. The van der Waals surface area contributed by atoms with Gasteiger partial charge >= 0.3 is 11.9 Å². The molecule has 0 spiro atoms. The largest absolute Gasteiger partial charge is 0.497 e. The van der Waals surface area contributed by atoms with E-state index in [1.54, 1.807) is 39.2 Å². The van der Waals surface area contributed by atoms with E-state index in [4.69, 9.17) is 27.8 Å². The third kappa shape index (κ3) is 10.9. The Bertz CT molecular complexity index is 2520. The molecule has 0 saturated carbocycles. The Balaban J connectivity index is 1.38. The number of esters is 2. The summed E-state index contributed by atoms with van der Waals surface area (Å²) in [6.45, 7) is 17.5. The molecule has 13 heteroatoms. The molecule has 0 aliphatic carbocycles. The van der Waals surface area contributed by atoms with E-state index >= 15 is 0 Å². The molecular formula is C57H72N2O9Si2. The molecular weight excluding hydrogens is 913 g/mol. The van der Waals surface area contributed by atoms with Gasteiger partial charge in [-0.3, -0.25) is 9.69 Å². The Hall–Kier alpha value is -5.42. The van der Waals surface area contributed by atoms with Crippen LogP contribution in [0.2, 0.25) is 36.3 Å². The second kappa shape index (κ2) is 22.8. The fraction of sp³-hybridized carbons (Fsp3) is 0.421. The molecule has 1 unspecified atom stereocenters. The summed E-state index contributed by atoms with van der Waals surface area (Å²) >= 11 is 0. The average molecular weight is 985 g/mol. The maximum Gasteiger partial charge on any atom is 0.354 e. The van der Waals surface area contributed by atoms with Gasteiger partial charge in [0, 0.05) is 6.54 Å². The van der Waals surface area contributed by atoms with Crippen molar-refractivity contribution in [3.05, 3.63) is 161 Å². The third-order valence-corrected chi connectivity index (χ3v) is 24.3. The van der Waals surface area contributed by atoms with Gasteiger partial charge in [-0.15, -0.1) is 0 Å². The zero-order chi connectivity index (χ0) is 50.1. The molecule has 372 valence electrons. The predicted octanol–water partition coefficient (Wildman–Crippen LogP) is 11.2. The van der Waals surface area contributed by atoms with Crippen molar-refractivity contribution < 1.29 is 42.2 Å². The van der Waals surface area contributed by atoms with E-state index < -0.39 is 63.9 Å². The van der Waals surface area contributed by atoms with Crippen molar-refractivity contribution >= 4 is 45.3 Å². The zero-order valence-corrected chi connectivity index (χ0v) is 44.5. The van der Waals surface area contributed by atoms with Crippen molar-refractivity contribution in [2.75, 3.05) is 26.9 Å². The van der Waals surface area contributed by atoms with Crippen LogP contribution in [0.5, 0.6) is 5.75 Å². The van der Waals surface area contributed by atoms with Gasteiger partial charge in [-0.1, -0.05) is 151 Å². The molecule has 2 aliphatic heterocycles. The van der Waals surface area contributed by atoms with Crippen molar-refractivity contribution in [2.45, 2.75) is 127 Å². The lowest BCUT2D eigenvalue weighted by atomic mass is 9.76. The molecule has 2 saturated heterocycles. The molecule has 0 aromatic heterocycles. The van der Waals surface area contributed by atoms with Gasteiger partial charge in [0.2, 0.25) is 6.10 Å². The third-order valence-electron chi connectivity index (χ3n) is 15.0. The number of ether oxygens (including phenoxy) is 4. The van der Waals surface area contributed by atoms with Gasteiger partial charge in [0.1, 0.15) is 17.0 Å². The summed E-state index contributed by atoms with van der Waals surface area (Å²) in [5, 5.41) is 4.47. The minimum Gasteiger partial charge on any atom is -0.497 e. The highest BCUT2D eigenvalue weighted by molar-refractivity contribution is 6.74. The highest BCUT2D eigenvalue weighted by Crippen LogP contribution is 2.51. The Kier molecular flexibility index (Phi) is 17.0. The quantitative estimate of drug-likeness (QED) is 0.0199. The van der Waals surface area contributed by atoms with Crippen LogP contribution in [-0.4, -0.2) is 96.2 Å². The van der Waals surface area contributed by atoms with Crippen molar-refractivity contribution in [2.24, 2.45) is 0 Å². The topological polar surface area (TPSA) is 125 Å². The van der Waals surface area contributed by atoms with Crippen LogP contribution < -0.4 is 10.1 Å². The maximum atomic E-state index is 14.8. The van der Waals surface area contributed by atoms with Crippen molar-refractivity contribution in [1.29, 1.82) is 0 Å². The van der Waals surface area contributed by atoms with E-state index in [0.29, 0.717) is 17.5 Å². The standard InChI is InChI=1S/C57H72N2O9Si2/c1-10-64-55(62)48(58-53(60)52(56(8)40-65-56)66-54(61)47-33-25-27-41-26-23-24-32-46(41)47)38-50(67-69(11-2,12-3)13-4)51(68-70(14-5,15-6)16-7)49-39-59(49)57(42-28-19-17-20-29-42,43-30-21-18-22-31-43)44-34-36-45(63-9)37-35-44/h17-38,49-52H,10-16,39-40H2,1-9H3,(H,58,60)/b48-38-/t49-,50+,51+,52+,56-,59?/m0/s1. The molecule has 2 aliphatic rings. The van der Waals surface area contributed by atoms with E-state index in [1.165, 1.54) is 0 Å². The molecule has 5 aromatic carbocycles. The number of nitrogens with zero attached hydrogens (tertiary/aromatic N) is 1. The van der Waals surface area contributed by atoms with E-state index in [0.717, 1.165) is 64.1 Å². The van der Waals surface area contributed by atoms with Crippen LogP contribution in [0.4, 0.5) is 0 Å². The number of amides is 1. The maximum absolute atomic E-state index is 14.8. The molecule has 1 amide bonds. The summed E-state index contributed by atoms with van der Waals surface area (Å²) < 4.78 is 38.7. The second-order valence-corrected chi connectivity index (χ2v) is 28.2. The van der Waals surface area contributed by atoms with Crippen LogP contribution in [0.1, 0.15) is 82.4 Å². The smallest absolute Gasteiger partial charge is 0.354 e. The van der Waals surface area contributed by atoms with Crippen molar-refractivity contribution in [3.8, 4) is 5.75 Å². The lowest BCUT2D eigenvalue weighted by molar-refractivity contribution is -0.141. The van der Waals surface area contributed by atoms with Gasteiger partial charge in [-0.05, 0) is 102 Å². The molecule has 0 radical (unpaired) electrons. The van der Waals surface area contributed by atoms with Crippen molar-refractivity contribution in [3.63, 3.8) is 0 Å². The lowest BCUT2D eigenvalue weighted by Crippen LogP contribution is -2.53. The number of carbonyl (C=O) groups excluding carboxylic acids is 3. The number of hydrogen-bond acceptors (Lipinski definition) is 10. The van der Waals surface area contributed by atoms with E-state index in [1.807, 2.05) is 54.6 Å². The number of methoxy groups -OCH3 is 1. The molecule has 2 heterocycles. The summed E-state index contributed by atoms with van der Waals surface area (Å²) in [5.74, 6) is -1.37. The molecule has 7 rings (SSSR count). The molecule has 1 N–H and O–H groups in total. The van der Waals surface area contributed by atoms with Crippen LogP contribution >= 0.6 is 0 Å². The van der Waals surface area contributed by atoms with Gasteiger partial charge in [0.15, 0.2) is 16.6 Å². The monoisotopic (exact) mass is 984 g/mol. The first-order valence-electron chi connectivity index (χ1n) is 25.2. The fourth-order valence-corrected chi connectivity index (χ4v) is 15.8. The molecule has 70 heavy (non-hydrogen) atoms. The zero-order valence-electron chi connectivity index (χ0n) is 42.5. The van der Waals surface area contributed by atoms with Gasteiger partial charge in [0.25, 0.3) is 5.91 Å². The Morgan fingerprint density at radius 2 is 1.26 bits per heavy atom. The van der Waals surface area contributed by atoms with E-state index in [-0.39, 0.29) is 25.0 Å². The average Bonchev–Trinajstić information content (AvgIpc) is 4.36. The van der Waals surface area contributed by atoms with Gasteiger partial charge < -0.3 is 33.1 Å². The SMILES string of the molecule is CCOC(=O)/C(=C/[C@@H](O[Si](CC)(CC)CC)[C@H](O[Si](CC)(CC)CC)[C@@H]1CN1C(c1ccccc1)(c1ccccc1)c1ccc(OC)cc1)NC(=O)[C@@H](OC(=O)c1cccc2ccccc12)[C@]1(C)CO1. The first-order chi connectivity index (χ1) is 33.8. The van der Waals surface area contributed by atoms with Crippen molar-refractivity contribution in [1.82, 2.24) is 10.2 Å². The number of nitrogens with one attached hydrogen (secondary N) is 1. The van der Waals surface area contributed by atoms with Crippen LogP contribution in [0.3, 0.4) is 0 Å². The molecule has 5 aromatic rings. The Morgan fingerprint density at radius 1 is 0.729 bits per heavy atom. The van der Waals surface area contributed by atoms with Gasteiger partial charge in [-0.25, -0.2) is 9.59 Å². The van der Waals surface area contributed by atoms with Gasteiger partial charge in [-0.2, -0.15) is 0 Å². The molecule has 11 nitrogen and oxygen atoms in total. The number of rotatable bonds is 25. The summed E-state index contributed by atoms with van der Waals surface area (Å²) in [7, 11) is -3.30. The lowest BCUT2D eigenvalue weighted by Gasteiger charge is -2.43. The van der Waals surface area contributed by atoms with Gasteiger partial charge in [0.05, 0.1) is 49.7 Å². The summed E-state index contributed by atoms with van der Waals surface area (Å²) in [6.07, 6.45) is -1.06. The first kappa shape index (κ1) is 52.4. The summed E-state index contributed by atoms with van der Waals surface area (Å²) in [4.78, 5) is 45.8. The fourth-order valence-electron chi connectivity index (χ4n) is 10.2. The van der Waals surface area contributed by atoms with Crippen LogP contribution in [-0.2, 0) is 38.2 Å². The minimum atomic E-state index is -2.52. The number of benzene rings is 5. The summed E-state index contributed by atoms with van der Waals surface area (Å²) in [6, 6.07) is 47.3. The molecule has 6 atom stereocenters. The Labute approximate surface area is 417 Å². The first-order valence-corrected chi connectivity index (χ1v) is 30.3. The Morgan fingerprint density at radius 3 is 1.80 bits per heavy atom. The second-order valence-electron chi connectivity index (χ2n) is 18.7. The molecule has 0 bridgehead atoms. The highest BCUT2D eigenvalue weighted by Gasteiger charge is 2.59. The highest BCUT2D eigenvalue weighted by atomic mass is 28.4. The van der Waals surface area contributed by atoms with Crippen LogP contribution in [0, 0.1) is 0 Å². The number of epoxide rings is 1. The minimum absolute atomic E-state index is 0.0574. The van der Waals surface area contributed by atoms with E-state index in [2.05, 4.69) is 112 Å². The number of fused-ring (bicyclic) bond motifs is 1. The predicted molar refractivity (Wildman–Crippen MR) is 281 cm³/mol. The van der Waals surface area contributed by atoms with Crippen LogP contribution in [0.15, 0.2) is 139 Å². The summed E-state index contributed by atoms with van der Waals surface area (Å²) in [5.41, 5.74) is 1.54.